The molecule has 1 fully saturated rings. The maximum atomic E-state index is 5.47. The molecule has 1 heterocycles. The van der Waals surface area contributed by atoms with Crippen LogP contribution in [0.25, 0.3) is 0 Å². The molecule has 0 spiro atoms. The molecule has 1 saturated heterocycles. The summed E-state index contributed by atoms with van der Waals surface area (Å²) in [5.74, 6) is 1.67. The molecule has 4 nitrogen and oxygen atoms in total. The van der Waals surface area contributed by atoms with Crippen molar-refractivity contribution in [2.75, 3.05) is 47.4 Å². The molecule has 0 amide bonds. The minimum Gasteiger partial charge on any atom is -0.493 e. The van der Waals surface area contributed by atoms with E-state index in [-0.39, 0.29) is 0 Å². The average Bonchev–Trinajstić information content (AvgIpc) is 2.41. The summed E-state index contributed by atoms with van der Waals surface area (Å²) in [5, 5.41) is 0. The number of piperazine rings is 1. The first kappa shape index (κ1) is 13.2. The zero-order chi connectivity index (χ0) is 13.0. The molecule has 1 aliphatic rings. The Morgan fingerprint density at radius 2 is 1.78 bits per heavy atom. The van der Waals surface area contributed by atoms with Crippen molar-refractivity contribution < 1.29 is 9.47 Å². The molecule has 4 heteroatoms. The summed E-state index contributed by atoms with van der Waals surface area (Å²) < 4.78 is 10.8. The molecule has 1 aromatic carbocycles. The molecule has 1 aromatic rings. The van der Waals surface area contributed by atoms with Crippen LogP contribution in [0, 0.1) is 0 Å². The Kier molecular flexibility index (Phi) is 4.44. The van der Waals surface area contributed by atoms with Crippen LogP contribution in [0.2, 0.25) is 0 Å². The van der Waals surface area contributed by atoms with Gasteiger partial charge in [-0.1, -0.05) is 12.1 Å². The lowest BCUT2D eigenvalue weighted by atomic mass is 10.1. The summed E-state index contributed by atoms with van der Waals surface area (Å²) in [6.07, 6.45) is 0. The van der Waals surface area contributed by atoms with Gasteiger partial charge in [0.2, 0.25) is 0 Å². The summed E-state index contributed by atoms with van der Waals surface area (Å²) in [4.78, 5) is 4.82. The van der Waals surface area contributed by atoms with E-state index in [0.29, 0.717) is 0 Å². The van der Waals surface area contributed by atoms with Gasteiger partial charge in [-0.05, 0) is 13.1 Å². The van der Waals surface area contributed by atoms with Crippen LogP contribution in [0.5, 0.6) is 11.5 Å². The number of hydrogen-bond acceptors (Lipinski definition) is 4. The number of nitrogens with zero attached hydrogens (tertiary/aromatic N) is 2. The third-order valence-corrected chi connectivity index (χ3v) is 3.47. The van der Waals surface area contributed by atoms with Gasteiger partial charge >= 0.3 is 0 Å². The number of rotatable bonds is 4. The number of ether oxygens (including phenoxy) is 2. The maximum Gasteiger partial charge on any atom is 0.165 e. The summed E-state index contributed by atoms with van der Waals surface area (Å²) in [6.45, 7) is 5.40. The number of hydrogen-bond donors (Lipinski definition) is 0. The summed E-state index contributed by atoms with van der Waals surface area (Å²) in [5.41, 5.74) is 1.20. The molecule has 2 rings (SSSR count). The Morgan fingerprint density at radius 3 is 2.39 bits per heavy atom. The third kappa shape index (κ3) is 2.94. The predicted octanol–water partition coefficient (Wildman–Crippen LogP) is 1.45. The Morgan fingerprint density at radius 1 is 1.06 bits per heavy atom. The molecule has 0 atom stereocenters. The van der Waals surface area contributed by atoms with Gasteiger partial charge in [0.1, 0.15) is 0 Å². The van der Waals surface area contributed by atoms with Crippen molar-refractivity contribution in [3.63, 3.8) is 0 Å². The Balaban J connectivity index is 2.09. The largest absolute Gasteiger partial charge is 0.493 e. The second kappa shape index (κ2) is 6.07. The van der Waals surface area contributed by atoms with E-state index in [9.17, 15) is 0 Å². The van der Waals surface area contributed by atoms with E-state index in [1.807, 2.05) is 12.1 Å². The fourth-order valence-electron chi connectivity index (χ4n) is 2.33. The summed E-state index contributed by atoms with van der Waals surface area (Å²) >= 11 is 0. The average molecular weight is 250 g/mol. The highest BCUT2D eigenvalue weighted by atomic mass is 16.5. The molecule has 0 aliphatic carbocycles. The van der Waals surface area contributed by atoms with Gasteiger partial charge < -0.3 is 14.4 Å². The highest BCUT2D eigenvalue weighted by Crippen LogP contribution is 2.31. The normalized spacial score (nSPS) is 17.7. The number of para-hydroxylation sites is 1. The van der Waals surface area contributed by atoms with Crippen LogP contribution in [0.1, 0.15) is 5.56 Å². The zero-order valence-electron chi connectivity index (χ0n) is 11.5. The van der Waals surface area contributed by atoms with Gasteiger partial charge in [-0.2, -0.15) is 0 Å². The van der Waals surface area contributed by atoms with Crippen LogP contribution in [0.4, 0.5) is 0 Å². The zero-order valence-corrected chi connectivity index (χ0v) is 11.5. The number of likely N-dealkylation sites (N-methyl/N-ethyl adjacent to an activating group) is 1. The molecular formula is C14H22N2O2. The lowest BCUT2D eigenvalue weighted by molar-refractivity contribution is 0.147. The van der Waals surface area contributed by atoms with Gasteiger partial charge in [0.15, 0.2) is 11.5 Å². The van der Waals surface area contributed by atoms with Gasteiger partial charge in [0.05, 0.1) is 14.2 Å². The lowest BCUT2D eigenvalue weighted by Crippen LogP contribution is -2.43. The van der Waals surface area contributed by atoms with E-state index in [0.717, 1.165) is 44.2 Å². The molecule has 0 aromatic heterocycles. The van der Waals surface area contributed by atoms with Crippen molar-refractivity contribution in [1.29, 1.82) is 0 Å². The molecule has 0 bridgehead atoms. The van der Waals surface area contributed by atoms with Crippen LogP contribution in [0.3, 0.4) is 0 Å². The quantitative estimate of drug-likeness (QED) is 0.807. The molecular weight excluding hydrogens is 228 g/mol. The second-order valence-corrected chi connectivity index (χ2v) is 4.73. The first-order valence-electron chi connectivity index (χ1n) is 6.35. The highest BCUT2D eigenvalue weighted by molar-refractivity contribution is 5.46. The van der Waals surface area contributed by atoms with E-state index >= 15 is 0 Å². The van der Waals surface area contributed by atoms with Gasteiger partial charge in [0.25, 0.3) is 0 Å². The van der Waals surface area contributed by atoms with Crippen LogP contribution < -0.4 is 9.47 Å². The molecule has 100 valence electrons. The van der Waals surface area contributed by atoms with Gasteiger partial charge in [0, 0.05) is 38.3 Å². The van der Waals surface area contributed by atoms with Crippen molar-refractivity contribution in [3.8, 4) is 11.5 Å². The van der Waals surface area contributed by atoms with Gasteiger partial charge in [-0.3, -0.25) is 4.90 Å². The van der Waals surface area contributed by atoms with E-state index in [1.165, 1.54) is 5.56 Å². The lowest BCUT2D eigenvalue weighted by Gasteiger charge is -2.32. The van der Waals surface area contributed by atoms with E-state index in [2.05, 4.69) is 22.9 Å². The molecule has 0 N–H and O–H groups in total. The molecule has 0 unspecified atom stereocenters. The topological polar surface area (TPSA) is 24.9 Å². The summed E-state index contributed by atoms with van der Waals surface area (Å²) in [7, 11) is 5.55. The Hall–Kier alpha value is -1.26. The van der Waals surface area contributed by atoms with E-state index in [4.69, 9.17) is 9.47 Å². The first-order chi connectivity index (χ1) is 8.74. The van der Waals surface area contributed by atoms with Crippen LogP contribution in [-0.4, -0.2) is 57.2 Å². The highest BCUT2D eigenvalue weighted by Gasteiger charge is 2.17. The monoisotopic (exact) mass is 250 g/mol. The minimum atomic E-state index is 0.809. The minimum absolute atomic E-state index is 0.809. The SMILES string of the molecule is COc1cccc(CN2CCN(C)CC2)c1OC. The smallest absolute Gasteiger partial charge is 0.165 e. The van der Waals surface area contributed by atoms with Crippen LogP contribution in [0.15, 0.2) is 18.2 Å². The van der Waals surface area contributed by atoms with Crippen molar-refractivity contribution in [2.24, 2.45) is 0 Å². The summed E-state index contributed by atoms with van der Waals surface area (Å²) in [6, 6.07) is 6.07. The maximum absolute atomic E-state index is 5.47. The standard InChI is InChI=1S/C14H22N2O2/c1-15-7-9-16(10-8-15)11-12-5-4-6-13(17-2)14(12)18-3/h4-6H,7-11H2,1-3H3. The van der Waals surface area contributed by atoms with Gasteiger partial charge in [-0.25, -0.2) is 0 Å². The molecule has 1 aliphatic heterocycles. The predicted molar refractivity (Wildman–Crippen MR) is 72.3 cm³/mol. The number of methoxy groups -OCH3 is 2. The van der Waals surface area contributed by atoms with Crippen molar-refractivity contribution >= 4 is 0 Å². The van der Waals surface area contributed by atoms with Crippen LogP contribution >= 0.6 is 0 Å². The third-order valence-electron chi connectivity index (χ3n) is 3.47. The fourth-order valence-corrected chi connectivity index (χ4v) is 2.33. The fraction of sp³-hybridized carbons (Fsp3) is 0.571. The Labute approximate surface area is 109 Å². The second-order valence-electron chi connectivity index (χ2n) is 4.73. The van der Waals surface area contributed by atoms with Crippen LogP contribution in [-0.2, 0) is 6.54 Å². The van der Waals surface area contributed by atoms with E-state index in [1.54, 1.807) is 14.2 Å². The van der Waals surface area contributed by atoms with Crippen molar-refractivity contribution in [1.82, 2.24) is 9.80 Å². The van der Waals surface area contributed by atoms with E-state index < -0.39 is 0 Å². The molecule has 18 heavy (non-hydrogen) atoms. The van der Waals surface area contributed by atoms with Gasteiger partial charge in [-0.15, -0.1) is 0 Å². The number of benzene rings is 1. The first-order valence-corrected chi connectivity index (χ1v) is 6.35. The molecule has 0 radical (unpaired) electrons. The Bertz CT molecular complexity index is 387. The molecule has 0 saturated carbocycles. The van der Waals surface area contributed by atoms with Crippen molar-refractivity contribution in [2.45, 2.75) is 6.54 Å². The van der Waals surface area contributed by atoms with Crippen molar-refractivity contribution in [3.05, 3.63) is 23.8 Å².